The number of benzene rings is 1. The molecule has 1 atom stereocenters. The van der Waals surface area contributed by atoms with E-state index in [1.54, 1.807) is 31.5 Å². The summed E-state index contributed by atoms with van der Waals surface area (Å²) in [6, 6.07) is 5.22. The Morgan fingerprint density at radius 2 is 2.06 bits per heavy atom. The summed E-state index contributed by atoms with van der Waals surface area (Å²) >= 11 is 4.57. The van der Waals surface area contributed by atoms with Gasteiger partial charge in [-0.2, -0.15) is 0 Å². The van der Waals surface area contributed by atoms with Gasteiger partial charge in [0.2, 0.25) is 0 Å². The van der Waals surface area contributed by atoms with Gasteiger partial charge in [0.1, 0.15) is 21.9 Å². The monoisotopic (exact) mass is 273 g/mol. The molecule has 0 heterocycles. The summed E-state index contributed by atoms with van der Waals surface area (Å²) in [6.07, 6.45) is 1.55. The molecule has 0 amide bonds. The lowest BCUT2D eigenvalue weighted by Gasteiger charge is -2.17. The highest BCUT2D eigenvalue weighted by molar-refractivity contribution is 7.91. The van der Waals surface area contributed by atoms with Gasteiger partial charge in [-0.05, 0) is 39.0 Å². The molecule has 0 N–H and O–H groups in total. The Kier molecular flexibility index (Phi) is 4.86. The molecule has 3 nitrogen and oxygen atoms in total. The minimum absolute atomic E-state index is 0.365. The lowest BCUT2D eigenvalue weighted by molar-refractivity contribution is 0.414. The molecule has 0 bridgehead atoms. The van der Waals surface area contributed by atoms with Gasteiger partial charge in [-0.1, -0.05) is 16.0 Å². The maximum atomic E-state index is 11.8. The Hall–Kier alpha value is -0.710. The third kappa shape index (κ3) is 4.22. The minimum atomic E-state index is -1.27. The van der Waals surface area contributed by atoms with Crippen LogP contribution in [0.3, 0.4) is 0 Å². The molecule has 0 aliphatic rings. The molecular weight excluding hydrogens is 258 g/mol. The van der Waals surface area contributed by atoms with Crippen molar-refractivity contribution in [3.05, 3.63) is 28.8 Å². The fourth-order valence-electron chi connectivity index (χ4n) is 1.05. The highest BCUT2D eigenvalue weighted by atomic mass is 35.5. The first kappa shape index (κ1) is 14.4. The normalized spacial score (nSPS) is 14.0. The SMILES string of the molecule is COc1cc(Cl)ccc1C=N[S+]([O-])C(C)(C)C. The van der Waals surface area contributed by atoms with Crippen LogP contribution < -0.4 is 4.74 Å². The largest absolute Gasteiger partial charge is 0.591 e. The summed E-state index contributed by atoms with van der Waals surface area (Å²) in [6.45, 7) is 5.62. The summed E-state index contributed by atoms with van der Waals surface area (Å²) in [7, 11) is 1.56. The maximum Gasteiger partial charge on any atom is 0.144 e. The molecule has 0 spiro atoms. The van der Waals surface area contributed by atoms with Crippen molar-refractivity contribution in [1.29, 1.82) is 0 Å². The van der Waals surface area contributed by atoms with E-state index in [0.717, 1.165) is 5.56 Å². The minimum Gasteiger partial charge on any atom is -0.591 e. The van der Waals surface area contributed by atoms with Gasteiger partial charge in [0.15, 0.2) is 0 Å². The van der Waals surface area contributed by atoms with E-state index in [1.165, 1.54) is 0 Å². The molecule has 1 aromatic rings. The van der Waals surface area contributed by atoms with Crippen LogP contribution in [0.25, 0.3) is 0 Å². The average Bonchev–Trinajstić information content (AvgIpc) is 2.25. The Balaban J connectivity index is 2.92. The van der Waals surface area contributed by atoms with Crippen LogP contribution in [-0.4, -0.2) is 22.6 Å². The zero-order valence-corrected chi connectivity index (χ0v) is 11.9. The van der Waals surface area contributed by atoms with Gasteiger partial charge in [-0.15, -0.1) is 0 Å². The predicted molar refractivity (Wildman–Crippen MR) is 73.5 cm³/mol. The number of ether oxygens (including phenoxy) is 1. The summed E-state index contributed by atoms with van der Waals surface area (Å²) in [5, 5.41) is 0.593. The molecule has 94 valence electrons. The van der Waals surface area contributed by atoms with Crippen LogP contribution in [0.4, 0.5) is 0 Å². The number of hydrogen-bond acceptors (Lipinski definition) is 3. The number of rotatable bonds is 3. The molecule has 1 rings (SSSR count). The van der Waals surface area contributed by atoms with Crippen LogP contribution in [0.15, 0.2) is 22.6 Å². The van der Waals surface area contributed by atoms with Gasteiger partial charge in [0.05, 0.1) is 13.3 Å². The van der Waals surface area contributed by atoms with Crippen LogP contribution in [0.2, 0.25) is 5.02 Å². The van der Waals surface area contributed by atoms with E-state index in [4.69, 9.17) is 16.3 Å². The second-order valence-corrected chi connectivity index (χ2v) is 6.85. The van der Waals surface area contributed by atoms with Crippen molar-refractivity contribution in [2.24, 2.45) is 4.40 Å². The van der Waals surface area contributed by atoms with E-state index in [9.17, 15) is 4.55 Å². The fraction of sp³-hybridized carbons (Fsp3) is 0.417. The highest BCUT2D eigenvalue weighted by Crippen LogP contribution is 2.23. The second-order valence-electron chi connectivity index (χ2n) is 4.48. The van der Waals surface area contributed by atoms with Crippen molar-refractivity contribution in [2.75, 3.05) is 7.11 Å². The van der Waals surface area contributed by atoms with Crippen molar-refractivity contribution >= 4 is 29.2 Å². The van der Waals surface area contributed by atoms with Crippen molar-refractivity contribution < 1.29 is 9.29 Å². The Morgan fingerprint density at radius 1 is 1.41 bits per heavy atom. The zero-order valence-electron chi connectivity index (χ0n) is 10.4. The fourth-order valence-corrected chi connectivity index (χ4v) is 1.74. The van der Waals surface area contributed by atoms with Crippen LogP contribution in [0, 0.1) is 0 Å². The number of halogens is 1. The van der Waals surface area contributed by atoms with E-state index in [2.05, 4.69) is 4.40 Å². The zero-order chi connectivity index (χ0) is 13.1. The number of methoxy groups -OCH3 is 1. The van der Waals surface area contributed by atoms with Crippen molar-refractivity contribution in [1.82, 2.24) is 0 Å². The van der Waals surface area contributed by atoms with Gasteiger partial charge in [0.25, 0.3) is 0 Å². The molecule has 1 aromatic carbocycles. The van der Waals surface area contributed by atoms with E-state index < -0.39 is 11.4 Å². The third-order valence-electron chi connectivity index (χ3n) is 2.01. The van der Waals surface area contributed by atoms with Crippen molar-refractivity contribution in [3.8, 4) is 5.75 Å². The van der Waals surface area contributed by atoms with Crippen molar-refractivity contribution in [3.63, 3.8) is 0 Å². The topological polar surface area (TPSA) is 44.6 Å². The van der Waals surface area contributed by atoms with Crippen LogP contribution in [-0.2, 0) is 11.4 Å². The van der Waals surface area contributed by atoms with E-state index in [-0.39, 0.29) is 4.75 Å². The first-order valence-corrected chi connectivity index (χ1v) is 6.62. The van der Waals surface area contributed by atoms with Crippen LogP contribution in [0.1, 0.15) is 26.3 Å². The van der Waals surface area contributed by atoms with Crippen LogP contribution >= 0.6 is 11.6 Å². The molecule has 1 unspecified atom stereocenters. The molecular formula is C12H16ClNO2S. The smallest absolute Gasteiger partial charge is 0.144 e. The molecule has 0 aliphatic heterocycles. The second kappa shape index (κ2) is 5.76. The summed E-state index contributed by atoms with van der Waals surface area (Å²) in [4.78, 5) is 0. The molecule has 17 heavy (non-hydrogen) atoms. The van der Waals surface area contributed by atoms with Gasteiger partial charge < -0.3 is 9.29 Å². The Labute approximate surface area is 110 Å². The highest BCUT2D eigenvalue weighted by Gasteiger charge is 2.25. The number of nitrogens with zero attached hydrogens (tertiary/aromatic N) is 1. The Bertz CT molecular complexity index is 415. The molecule has 0 radical (unpaired) electrons. The molecule has 0 saturated heterocycles. The van der Waals surface area contributed by atoms with Gasteiger partial charge >= 0.3 is 0 Å². The standard InChI is InChI=1S/C12H16ClNO2S/c1-12(2,3)17(15)14-8-9-5-6-10(13)7-11(9)16-4/h5-8H,1-4H3. The van der Waals surface area contributed by atoms with Gasteiger partial charge in [-0.3, -0.25) is 0 Å². The number of hydrogen-bond donors (Lipinski definition) is 0. The summed E-state index contributed by atoms with van der Waals surface area (Å²) < 4.78 is 20.6. The lowest BCUT2D eigenvalue weighted by atomic mass is 10.2. The van der Waals surface area contributed by atoms with Crippen LogP contribution in [0.5, 0.6) is 5.75 Å². The summed E-state index contributed by atoms with van der Waals surface area (Å²) in [5.74, 6) is 0.618. The molecule has 5 heteroatoms. The quantitative estimate of drug-likeness (QED) is 0.627. The first-order chi connectivity index (χ1) is 7.84. The third-order valence-corrected chi connectivity index (χ3v) is 3.59. The van der Waals surface area contributed by atoms with Crippen molar-refractivity contribution in [2.45, 2.75) is 25.5 Å². The van der Waals surface area contributed by atoms with E-state index in [0.29, 0.717) is 10.8 Å². The van der Waals surface area contributed by atoms with E-state index in [1.807, 2.05) is 20.8 Å². The average molecular weight is 274 g/mol. The van der Waals surface area contributed by atoms with Gasteiger partial charge in [-0.25, -0.2) is 0 Å². The molecule has 0 fully saturated rings. The predicted octanol–water partition coefficient (Wildman–Crippen LogP) is 3.23. The van der Waals surface area contributed by atoms with E-state index >= 15 is 0 Å². The molecule has 0 aliphatic carbocycles. The molecule has 0 saturated carbocycles. The van der Waals surface area contributed by atoms with Gasteiger partial charge in [0, 0.05) is 10.6 Å². The summed E-state index contributed by atoms with van der Waals surface area (Å²) in [5.41, 5.74) is 0.759. The first-order valence-electron chi connectivity index (χ1n) is 5.14. The molecule has 0 aromatic heterocycles. The Morgan fingerprint density at radius 3 is 2.59 bits per heavy atom. The maximum absolute atomic E-state index is 11.8. The lowest BCUT2D eigenvalue weighted by Crippen LogP contribution is -2.25.